The molecule has 34 heavy (non-hydrogen) atoms. The molecule has 1 aromatic heterocycles. The van der Waals surface area contributed by atoms with E-state index in [1.807, 2.05) is 24.3 Å². The highest BCUT2D eigenvalue weighted by Crippen LogP contribution is 2.27. The van der Waals surface area contributed by atoms with Gasteiger partial charge in [-0.1, -0.05) is 24.3 Å². The van der Waals surface area contributed by atoms with Crippen molar-refractivity contribution in [1.82, 2.24) is 9.29 Å². The first-order chi connectivity index (χ1) is 16.4. The molecule has 9 heteroatoms. The second-order valence-electron chi connectivity index (χ2n) is 7.88. The van der Waals surface area contributed by atoms with Gasteiger partial charge < -0.3 is 0 Å². The normalized spacial score (nSPS) is 13.9. The van der Waals surface area contributed by atoms with E-state index >= 15 is 0 Å². The standard InChI is InChI=1S/C25H20FN3O3S2/c26-21-9-5-18(6-10-21)23-16-33-25(27-23)28-24(30)19-7-11-22(12-8-19)34(31,32)29-14-13-17-3-1-2-4-20(17)15-29/h1-12,16H,13-15H2,(H,27,28,30). The first-order valence-corrected chi connectivity index (χ1v) is 12.9. The number of benzene rings is 3. The zero-order chi connectivity index (χ0) is 23.7. The van der Waals surface area contributed by atoms with E-state index in [4.69, 9.17) is 0 Å². The first-order valence-electron chi connectivity index (χ1n) is 10.6. The molecular formula is C25H20FN3O3S2. The molecule has 6 nitrogen and oxygen atoms in total. The largest absolute Gasteiger partial charge is 0.298 e. The van der Waals surface area contributed by atoms with Crippen molar-refractivity contribution < 1.29 is 17.6 Å². The fourth-order valence-electron chi connectivity index (χ4n) is 3.86. The second-order valence-corrected chi connectivity index (χ2v) is 10.7. The maximum absolute atomic E-state index is 13.1. The zero-order valence-electron chi connectivity index (χ0n) is 17.9. The van der Waals surface area contributed by atoms with Crippen LogP contribution in [0.25, 0.3) is 11.3 Å². The summed E-state index contributed by atoms with van der Waals surface area (Å²) in [6.45, 7) is 0.753. The number of fused-ring (bicyclic) bond motifs is 1. The lowest BCUT2D eigenvalue weighted by atomic mass is 10.0. The Bertz CT molecular complexity index is 1450. The van der Waals surface area contributed by atoms with Gasteiger partial charge in [0.1, 0.15) is 5.82 Å². The number of rotatable bonds is 5. The van der Waals surface area contributed by atoms with Crippen LogP contribution >= 0.6 is 11.3 Å². The van der Waals surface area contributed by atoms with Gasteiger partial charge in [0.05, 0.1) is 10.6 Å². The molecule has 0 saturated carbocycles. The number of nitrogens with zero attached hydrogens (tertiary/aromatic N) is 2. The van der Waals surface area contributed by atoms with Gasteiger partial charge in [0.15, 0.2) is 5.13 Å². The van der Waals surface area contributed by atoms with Crippen LogP contribution in [0.2, 0.25) is 0 Å². The monoisotopic (exact) mass is 493 g/mol. The van der Waals surface area contributed by atoms with Gasteiger partial charge in [-0.25, -0.2) is 17.8 Å². The summed E-state index contributed by atoms with van der Waals surface area (Å²) in [5.41, 5.74) is 3.88. The Kier molecular flexibility index (Phi) is 5.99. The molecular weight excluding hydrogens is 473 g/mol. The molecule has 0 spiro atoms. The zero-order valence-corrected chi connectivity index (χ0v) is 19.6. The highest BCUT2D eigenvalue weighted by Gasteiger charge is 2.28. The van der Waals surface area contributed by atoms with Crippen molar-refractivity contribution in [2.45, 2.75) is 17.9 Å². The maximum Gasteiger partial charge on any atom is 0.257 e. The molecule has 0 bridgehead atoms. The van der Waals surface area contributed by atoms with E-state index in [-0.39, 0.29) is 10.7 Å². The van der Waals surface area contributed by atoms with E-state index in [1.54, 1.807) is 17.5 Å². The molecule has 1 amide bonds. The predicted octanol–water partition coefficient (Wildman–Crippen LogP) is 4.95. The number of hydrogen-bond donors (Lipinski definition) is 1. The Morgan fingerprint density at radius 1 is 0.971 bits per heavy atom. The number of nitrogens with one attached hydrogen (secondary N) is 1. The molecule has 2 heterocycles. The van der Waals surface area contributed by atoms with Crippen molar-refractivity contribution >= 4 is 32.4 Å². The summed E-state index contributed by atoms with van der Waals surface area (Å²) in [6.07, 6.45) is 0.670. The third kappa shape index (κ3) is 4.50. The number of halogens is 1. The number of carbonyl (C=O) groups is 1. The highest BCUT2D eigenvalue weighted by atomic mass is 32.2. The average molecular weight is 494 g/mol. The van der Waals surface area contributed by atoms with Crippen LogP contribution in [-0.4, -0.2) is 30.2 Å². The number of aromatic nitrogens is 1. The fourth-order valence-corrected chi connectivity index (χ4v) is 5.99. The molecule has 5 rings (SSSR count). The van der Waals surface area contributed by atoms with Crippen molar-refractivity contribution in [2.75, 3.05) is 11.9 Å². The topological polar surface area (TPSA) is 79.4 Å². The SMILES string of the molecule is O=C(Nc1nc(-c2ccc(F)cc2)cs1)c1ccc(S(=O)(=O)N2CCc3ccccc3C2)cc1. The van der Waals surface area contributed by atoms with Gasteiger partial charge >= 0.3 is 0 Å². The van der Waals surface area contributed by atoms with E-state index in [0.717, 1.165) is 11.1 Å². The second kappa shape index (κ2) is 9.09. The predicted molar refractivity (Wildman–Crippen MR) is 130 cm³/mol. The molecule has 0 radical (unpaired) electrons. The Morgan fingerprint density at radius 2 is 1.68 bits per heavy atom. The quantitative estimate of drug-likeness (QED) is 0.427. The van der Waals surface area contributed by atoms with Crippen LogP contribution in [-0.2, 0) is 23.0 Å². The molecule has 172 valence electrons. The van der Waals surface area contributed by atoms with Crippen LogP contribution in [0.15, 0.2) is 83.1 Å². The van der Waals surface area contributed by atoms with Gasteiger partial charge in [-0.15, -0.1) is 11.3 Å². The summed E-state index contributed by atoms with van der Waals surface area (Å²) in [5, 5.41) is 4.90. The van der Waals surface area contributed by atoms with Gasteiger partial charge in [0.2, 0.25) is 10.0 Å². The molecule has 1 aliphatic heterocycles. The van der Waals surface area contributed by atoms with Crippen LogP contribution in [0.4, 0.5) is 9.52 Å². The summed E-state index contributed by atoms with van der Waals surface area (Å²) in [7, 11) is -3.67. The Balaban J connectivity index is 1.28. The lowest BCUT2D eigenvalue weighted by Crippen LogP contribution is -2.35. The number of amides is 1. The number of thiazole rings is 1. The van der Waals surface area contributed by atoms with Crippen molar-refractivity contribution in [1.29, 1.82) is 0 Å². The van der Waals surface area contributed by atoms with E-state index < -0.39 is 15.9 Å². The van der Waals surface area contributed by atoms with E-state index in [9.17, 15) is 17.6 Å². The molecule has 4 aromatic rings. The Labute approximate surface area is 200 Å². The summed E-state index contributed by atoms with van der Waals surface area (Å²) in [4.78, 5) is 17.2. The molecule has 0 saturated heterocycles. The molecule has 0 fully saturated rings. The number of hydrogen-bond acceptors (Lipinski definition) is 5. The third-order valence-electron chi connectivity index (χ3n) is 5.71. The molecule has 1 N–H and O–H groups in total. The lowest BCUT2D eigenvalue weighted by molar-refractivity contribution is 0.102. The lowest BCUT2D eigenvalue weighted by Gasteiger charge is -2.28. The molecule has 1 aliphatic rings. The van der Waals surface area contributed by atoms with Gasteiger partial charge in [0.25, 0.3) is 5.91 Å². The first kappa shape index (κ1) is 22.4. The van der Waals surface area contributed by atoms with Crippen LogP contribution in [0, 0.1) is 5.82 Å². The fraction of sp³-hybridized carbons (Fsp3) is 0.120. The van der Waals surface area contributed by atoms with Gasteiger partial charge in [0, 0.05) is 29.6 Å². The number of sulfonamides is 1. The van der Waals surface area contributed by atoms with E-state index in [1.165, 1.54) is 57.6 Å². The van der Waals surface area contributed by atoms with Crippen LogP contribution in [0.1, 0.15) is 21.5 Å². The smallest absolute Gasteiger partial charge is 0.257 e. The molecule has 0 aliphatic carbocycles. The van der Waals surface area contributed by atoms with Gasteiger partial charge in [-0.2, -0.15) is 4.31 Å². The van der Waals surface area contributed by atoms with Crippen molar-refractivity contribution in [3.05, 3.63) is 101 Å². The van der Waals surface area contributed by atoms with Gasteiger partial charge in [-0.05, 0) is 66.1 Å². The average Bonchev–Trinajstić information content (AvgIpc) is 3.32. The minimum Gasteiger partial charge on any atom is -0.298 e. The molecule has 0 atom stereocenters. The Morgan fingerprint density at radius 3 is 2.41 bits per heavy atom. The number of anilines is 1. The van der Waals surface area contributed by atoms with Crippen LogP contribution in [0.3, 0.4) is 0 Å². The van der Waals surface area contributed by atoms with Crippen molar-refractivity contribution in [3.63, 3.8) is 0 Å². The summed E-state index contributed by atoms with van der Waals surface area (Å²) in [6, 6.07) is 19.7. The maximum atomic E-state index is 13.1. The van der Waals surface area contributed by atoms with Crippen molar-refractivity contribution in [3.8, 4) is 11.3 Å². The summed E-state index contributed by atoms with van der Waals surface area (Å²) >= 11 is 1.25. The number of carbonyl (C=O) groups excluding carboxylic acids is 1. The van der Waals surface area contributed by atoms with Gasteiger partial charge in [-0.3, -0.25) is 10.1 Å². The highest BCUT2D eigenvalue weighted by molar-refractivity contribution is 7.89. The summed E-state index contributed by atoms with van der Waals surface area (Å²) < 4.78 is 40.8. The minimum absolute atomic E-state index is 0.149. The minimum atomic E-state index is -3.67. The Hall–Kier alpha value is -3.40. The summed E-state index contributed by atoms with van der Waals surface area (Å²) in [5.74, 6) is -0.723. The molecule has 0 unspecified atom stereocenters. The van der Waals surface area contributed by atoms with Crippen molar-refractivity contribution in [2.24, 2.45) is 0 Å². The van der Waals surface area contributed by atoms with E-state index in [0.29, 0.717) is 35.9 Å². The third-order valence-corrected chi connectivity index (χ3v) is 8.33. The molecule has 3 aromatic carbocycles. The van der Waals surface area contributed by atoms with Crippen LogP contribution in [0.5, 0.6) is 0 Å². The van der Waals surface area contributed by atoms with Crippen LogP contribution < -0.4 is 5.32 Å². The van der Waals surface area contributed by atoms with E-state index in [2.05, 4.69) is 10.3 Å².